The van der Waals surface area contributed by atoms with Crippen LogP contribution in [-0.2, 0) is 4.74 Å². The Balaban J connectivity index is 2.32. The Morgan fingerprint density at radius 3 is 2.74 bits per heavy atom. The van der Waals surface area contributed by atoms with Crippen molar-refractivity contribution in [2.45, 2.75) is 32.4 Å². The maximum Gasteiger partial charge on any atom is 0.232 e. The lowest BCUT2D eigenvalue weighted by atomic mass is 10.1. The maximum atomic E-state index is 5.78. The molecular weight excluding hydrogens is 244 g/mol. The molecule has 0 aliphatic carbocycles. The zero-order valence-electron chi connectivity index (χ0n) is 12.0. The minimum atomic E-state index is 0.170. The minimum absolute atomic E-state index is 0.170. The molecule has 19 heavy (non-hydrogen) atoms. The second-order valence-corrected chi connectivity index (χ2v) is 5.05. The Bertz CT molecular complexity index is 438. The van der Waals surface area contributed by atoms with Crippen molar-refractivity contribution in [2.75, 3.05) is 42.8 Å². The zero-order chi connectivity index (χ0) is 14.0. The first-order valence-electron chi connectivity index (χ1n) is 6.58. The van der Waals surface area contributed by atoms with E-state index in [1.54, 1.807) is 0 Å². The fourth-order valence-corrected chi connectivity index (χ4v) is 2.13. The van der Waals surface area contributed by atoms with Crippen LogP contribution in [0.1, 0.15) is 20.3 Å². The van der Waals surface area contributed by atoms with Gasteiger partial charge in [-0.2, -0.15) is 15.0 Å². The van der Waals surface area contributed by atoms with Crippen molar-refractivity contribution in [3.8, 4) is 0 Å². The van der Waals surface area contributed by atoms with Crippen LogP contribution in [0.3, 0.4) is 0 Å². The molecule has 1 aromatic heterocycles. The van der Waals surface area contributed by atoms with Crippen molar-refractivity contribution in [3.63, 3.8) is 0 Å². The molecule has 1 aromatic rings. The molecular formula is C12H22N6O. The van der Waals surface area contributed by atoms with Gasteiger partial charge in [-0.3, -0.25) is 0 Å². The second kappa shape index (κ2) is 5.56. The molecule has 2 rings (SSSR count). The molecule has 1 aliphatic heterocycles. The SMILES string of the molecule is CCC1COC(C)CN1c1nc(N)nc(N(C)C)n1. The Morgan fingerprint density at radius 1 is 1.37 bits per heavy atom. The van der Waals surface area contributed by atoms with Crippen LogP contribution in [0.2, 0.25) is 0 Å². The largest absolute Gasteiger partial charge is 0.375 e. The number of hydrogen-bond acceptors (Lipinski definition) is 7. The fourth-order valence-electron chi connectivity index (χ4n) is 2.13. The van der Waals surface area contributed by atoms with Crippen LogP contribution in [0.15, 0.2) is 0 Å². The van der Waals surface area contributed by atoms with Crippen LogP contribution in [0, 0.1) is 0 Å². The molecule has 2 unspecified atom stereocenters. The number of morpholine rings is 1. The second-order valence-electron chi connectivity index (χ2n) is 5.05. The molecule has 0 spiro atoms. The molecule has 1 fully saturated rings. The zero-order valence-corrected chi connectivity index (χ0v) is 12.0. The molecule has 0 bridgehead atoms. The van der Waals surface area contributed by atoms with Gasteiger partial charge in [0.25, 0.3) is 0 Å². The van der Waals surface area contributed by atoms with Gasteiger partial charge in [-0.05, 0) is 13.3 Å². The summed E-state index contributed by atoms with van der Waals surface area (Å²) in [5.41, 5.74) is 5.78. The van der Waals surface area contributed by atoms with E-state index in [2.05, 4.69) is 33.7 Å². The summed E-state index contributed by atoms with van der Waals surface area (Å²) < 4.78 is 5.69. The lowest BCUT2D eigenvalue weighted by molar-refractivity contribution is 0.0292. The molecule has 2 N–H and O–H groups in total. The third-order valence-electron chi connectivity index (χ3n) is 3.22. The van der Waals surface area contributed by atoms with Crippen molar-refractivity contribution in [2.24, 2.45) is 0 Å². The van der Waals surface area contributed by atoms with E-state index in [-0.39, 0.29) is 18.1 Å². The number of nitrogens with zero attached hydrogens (tertiary/aromatic N) is 5. The third-order valence-corrected chi connectivity index (χ3v) is 3.22. The van der Waals surface area contributed by atoms with Crippen molar-refractivity contribution in [1.29, 1.82) is 0 Å². The monoisotopic (exact) mass is 266 g/mol. The van der Waals surface area contributed by atoms with E-state index < -0.39 is 0 Å². The van der Waals surface area contributed by atoms with Crippen molar-refractivity contribution < 1.29 is 4.74 Å². The number of hydrogen-bond donors (Lipinski definition) is 1. The molecule has 106 valence electrons. The summed E-state index contributed by atoms with van der Waals surface area (Å²) in [4.78, 5) is 16.9. The first-order chi connectivity index (χ1) is 9.01. The van der Waals surface area contributed by atoms with Gasteiger partial charge in [-0.15, -0.1) is 0 Å². The van der Waals surface area contributed by atoms with E-state index in [9.17, 15) is 0 Å². The van der Waals surface area contributed by atoms with Gasteiger partial charge in [0.2, 0.25) is 17.8 Å². The third kappa shape index (κ3) is 3.04. The van der Waals surface area contributed by atoms with Gasteiger partial charge in [-0.25, -0.2) is 0 Å². The highest BCUT2D eigenvalue weighted by atomic mass is 16.5. The molecule has 1 aliphatic rings. The van der Waals surface area contributed by atoms with E-state index in [1.807, 2.05) is 19.0 Å². The van der Waals surface area contributed by atoms with Crippen molar-refractivity contribution >= 4 is 17.8 Å². The van der Waals surface area contributed by atoms with E-state index in [4.69, 9.17) is 10.5 Å². The van der Waals surface area contributed by atoms with Crippen LogP contribution < -0.4 is 15.5 Å². The van der Waals surface area contributed by atoms with Gasteiger partial charge in [0, 0.05) is 20.6 Å². The Morgan fingerprint density at radius 2 is 2.11 bits per heavy atom. The molecule has 0 radical (unpaired) electrons. The van der Waals surface area contributed by atoms with Crippen LogP contribution in [-0.4, -0.2) is 54.3 Å². The highest BCUT2D eigenvalue weighted by Crippen LogP contribution is 2.22. The lowest BCUT2D eigenvalue weighted by Crippen LogP contribution is -2.49. The maximum absolute atomic E-state index is 5.78. The van der Waals surface area contributed by atoms with Crippen LogP contribution in [0.4, 0.5) is 17.8 Å². The standard InChI is InChI=1S/C12H22N6O/c1-5-9-7-19-8(2)6-18(9)12-15-10(13)14-11(16-12)17(3)4/h8-9H,5-7H2,1-4H3,(H2,13,14,15,16). The number of rotatable bonds is 3. The Kier molecular flexibility index (Phi) is 4.04. The van der Waals surface area contributed by atoms with E-state index in [0.717, 1.165) is 13.0 Å². The Labute approximate surface area is 113 Å². The lowest BCUT2D eigenvalue weighted by Gasteiger charge is -2.38. The number of aromatic nitrogens is 3. The molecule has 0 aromatic carbocycles. The summed E-state index contributed by atoms with van der Waals surface area (Å²) >= 11 is 0. The summed E-state index contributed by atoms with van der Waals surface area (Å²) in [5, 5.41) is 0. The number of anilines is 3. The van der Waals surface area contributed by atoms with Crippen molar-refractivity contribution in [3.05, 3.63) is 0 Å². The molecule has 0 amide bonds. The first-order valence-corrected chi connectivity index (χ1v) is 6.58. The van der Waals surface area contributed by atoms with E-state index >= 15 is 0 Å². The highest BCUT2D eigenvalue weighted by molar-refractivity contribution is 5.43. The summed E-state index contributed by atoms with van der Waals surface area (Å²) in [6.45, 7) is 5.65. The molecule has 1 saturated heterocycles. The molecule has 0 saturated carbocycles. The Hall–Kier alpha value is -1.63. The average Bonchev–Trinajstić information content (AvgIpc) is 2.37. The molecule has 2 heterocycles. The van der Waals surface area contributed by atoms with E-state index in [0.29, 0.717) is 18.5 Å². The minimum Gasteiger partial charge on any atom is -0.375 e. The topological polar surface area (TPSA) is 80.4 Å². The number of nitrogen functional groups attached to an aromatic ring is 1. The van der Waals surface area contributed by atoms with Gasteiger partial charge in [0.05, 0.1) is 18.8 Å². The quantitative estimate of drug-likeness (QED) is 0.854. The normalized spacial score (nSPS) is 23.5. The fraction of sp³-hybridized carbons (Fsp3) is 0.750. The van der Waals surface area contributed by atoms with Gasteiger partial charge in [0.1, 0.15) is 0 Å². The summed E-state index contributed by atoms with van der Waals surface area (Å²) in [5.74, 6) is 1.47. The summed E-state index contributed by atoms with van der Waals surface area (Å²) in [7, 11) is 3.77. The molecule has 2 atom stereocenters. The molecule has 7 nitrogen and oxygen atoms in total. The number of ether oxygens (including phenoxy) is 1. The van der Waals surface area contributed by atoms with Crippen LogP contribution >= 0.6 is 0 Å². The number of nitrogens with two attached hydrogens (primary N) is 1. The summed E-state index contributed by atoms with van der Waals surface area (Å²) in [6.07, 6.45) is 1.15. The summed E-state index contributed by atoms with van der Waals surface area (Å²) in [6, 6.07) is 0.285. The molecule has 7 heteroatoms. The van der Waals surface area contributed by atoms with Crippen molar-refractivity contribution in [1.82, 2.24) is 15.0 Å². The van der Waals surface area contributed by atoms with E-state index in [1.165, 1.54) is 0 Å². The first kappa shape index (κ1) is 13.8. The van der Waals surface area contributed by atoms with Crippen LogP contribution in [0.5, 0.6) is 0 Å². The van der Waals surface area contributed by atoms with Gasteiger partial charge < -0.3 is 20.3 Å². The predicted molar refractivity (Wildman–Crippen MR) is 75.4 cm³/mol. The average molecular weight is 266 g/mol. The van der Waals surface area contributed by atoms with Gasteiger partial charge in [0.15, 0.2) is 0 Å². The van der Waals surface area contributed by atoms with Gasteiger partial charge in [-0.1, -0.05) is 6.92 Å². The van der Waals surface area contributed by atoms with Gasteiger partial charge >= 0.3 is 0 Å². The smallest absolute Gasteiger partial charge is 0.232 e. The highest BCUT2D eigenvalue weighted by Gasteiger charge is 2.28. The predicted octanol–water partition coefficient (Wildman–Crippen LogP) is 0.523. The van der Waals surface area contributed by atoms with Crippen LogP contribution in [0.25, 0.3) is 0 Å².